The maximum Gasteiger partial charge on any atom is 0.309 e. The van der Waals surface area contributed by atoms with Crippen LogP contribution in [0.1, 0.15) is 144 Å². The van der Waals surface area contributed by atoms with Crippen LogP contribution in [0.5, 0.6) is 0 Å². The monoisotopic (exact) mass is 1070 g/mol. The third-order valence-corrected chi connectivity index (χ3v) is 17.4. The van der Waals surface area contributed by atoms with Crippen LogP contribution in [0, 0.1) is 23.7 Å². The van der Waals surface area contributed by atoms with Crippen molar-refractivity contribution < 1.29 is 54.0 Å². The molecule has 19 nitrogen and oxygen atoms in total. The number of cyclic esters (lactones) is 1. The van der Waals surface area contributed by atoms with E-state index in [-0.39, 0.29) is 37.3 Å². The molecule has 3 aliphatic rings. The molecular weight excluding hydrogens is 973 g/mol. The Balaban J connectivity index is 1.16. The van der Waals surface area contributed by atoms with E-state index in [2.05, 4.69) is 56.7 Å². The predicted molar refractivity (Wildman–Crippen MR) is 288 cm³/mol. The van der Waals surface area contributed by atoms with Gasteiger partial charge in [-0.2, -0.15) is 0 Å². The summed E-state index contributed by atoms with van der Waals surface area (Å²) >= 11 is 0. The Kier molecular flexibility index (Phi) is 21.7. The van der Waals surface area contributed by atoms with Gasteiger partial charge in [-0.25, -0.2) is 4.68 Å². The van der Waals surface area contributed by atoms with Crippen molar-refractivity contribution in [2.75, 3.05) is 34.3 Å². The Morgan fingerprint density at radius 1 is 0.855 bits per heavy atom. The summed E-state index contributed by atoms with van der Waals surface area (Å²) in [7, 11) is 5.38. The second-order valence-electron chi connectivity index (χ2n) is 23.9. The quantitative estimate of drug-likeness (QED) is 0.0801. The van der Waals surface area contributed by atoms with Gasteiger partial charge < -0.3 is 59.0 Å². The van der Waals surface area contributed by atoms with Gasteiger partial charge in [0, 0.05) is 63.8 Å². The van der Waals surface area contributed by atoms with Crippen LogP contribution in [-0.4, -0.2) is 190 Å². The molecule has 2 aromatic heterocycles. The highest BCUT2D eigenvalue weighted by Crippen LogP contribution is 2.45. The van der Waals surface area contributed by atoms with Gasteiger partial charge in [-0.05, 0) is 137 Å². The normalized spacial score (nSPS) is 37.7. The first-order valence-corrected chi connectivity index (χ1v) is 28.3. The second kappa shape index (κ2) is 26.7. The number of likely N-dealkylation sites (N-methyl/N-ethyl adjacent to an activating group) is 2. The summed E-state index contributed by atoms with van der Waals surface area (Å²) in [5.41, 5.74) is -0.298. The number of aliphatic hydroxyl groups excluding tert-OH is 3. The number of carbonyl (C=O) groups is 1. The first kappa shape index (κ1) is 61.7. The molecule has 76 heavy (non-hydrogen) atoms. The zero-order chi connectivity index (χ0) is 55.9. The molecule has 3 saturated heterocycles. The van der Waals surface area contributed by atoms with E-state index in [0.717, 1.165) is 62.1 Å². The van der Waals surface area contributed by atoms with E-state index in [4.69, 9.17) is 23.7 Å². The number of esters is 1. The molecule has 6 rings (SSSR count). The first-order valence-electron chi connectivity index (χ1n) is 28.3. The van der Waals surface area contributed by atoms with Crippen LogP contribution in [-0.2, 0) is 54.3 Å². The average Bonchev–Trinajstić information content (AvgIpc) is 4.06. The average molecular weight is 1070 g/mol. The van der Waals surface area contributed by atoms with Gasteiger partial charge in [-0.3, -0.25) is 9.48 Å². The fourth-order valence-corrected chi connectivity index (χ4v) is 12.5. The number of aromatic nitrogens is 6. The molecule has 0 amide bonds. The molecule has 3 fully saturated rings. The molecule has 0 saturated carbocycles. The Morgan fingerprint density at radius 3 is 2.21 bits per heavy atom. The molecule has 5 N–H and O–H groups in total. The zero-order valence-electron chi connectivity index (χ0n) is 48.3. The van der Waals surface area contributed by atoms with Crippen LogP contribution in [0.25, 0.3) is 5.69 Å². The molecule has 1 aromatic carbocycles. The molecule has 1 unspecified atom stereocenters. The minimum atomic E-state index is -1.81. The van der Waals surface area contributed by atoms with Crippen molar-refractivity contribution in [1.29, 1.82) is 0 Å². The van der Waals surface area contributed by atoms with Crippen molar-refractivity contribution >= 4 is 5.97 Å². The number of aryl methyl sites for hydroxylation is 3. The lowest BCUT2D eigenvalue weighted by Crippen LogP contribution is -2.62. The summed E-state index contributed by atoms with van der Waals surface area (Å²) in [5, 5.41) is 77.8. The summed E-state index contributed by atoms with van der Waals surface area (Å²) in [6, 6.07) is 7.57. The summed E-state index contributed by atoms with van der Waals surface area (Å²) in [4.78, 5) is 18.7. The largest absolute Gasteiger partial charge is 0.459 e. The maximum atomic E-state index is 14.6. The number of methoxy groups -OCH3 is 1. The van der Waals surface area contributed by atoms with E-state index in [1.165, 1.54) is 12.5 Å². The number of carbonyl (C=O) groups excluding carboxylic acids is 1. The molecular formula is C57H96N8O11. The van der Waals surface area contributed by atoms with E-state index in [1.807, 2.05) is 75.4 Å². The summed E-state index contributed by atoms with van der Waals surface area (Å²) in [6.45, 7) is 22.0. The van der Waals surface area contributed by atoms with Crippen molar-refractivity contribution in [3.8, 4) is 5.69 Å². The van der Waals surface area contributed by atoms with E-state index in [9.17, 15) is 30.3 Å². The minimum Gasteiger partial charge on any atom is -0.459 e. The topological polar surface area (TPSA) is 232 Å². The van der Waals surface area contributed by atoms with Crippen molar-refractivity contribution in [2.24, 2.45) is 23.7 Å². The maximum absolute atomic E-state index is 14.6. The van der Waals surface area contributed by atoms with Crippen LogP contribution < -0.4 is 0 Å². The third-order valence-electron chi connectivity index (χ3n) is 17.4. The lowest BCUT2D eigenvalue weighted by Gasteiger charge is -2.51. The van der Waals surface area contributed by atoms with Crippen molar-refractivity contribution in [1.82, 2.24) is 39.8 Å². The first-order chi connectivity index (χ1) is 35.8. The molecule has 3 aromatic rings. The Labute approximate surface area is 452 Å². The van der Waals surface area contributed by atoms with E-state index >= 15 is 0 Å². The third kappa shape index (κ3) is 14.8. The van der Waals surface area contributed by atoms with Crippen molar-refractivity contribution in [3.63, 3.8) is 0 Å². The Morgan fingerprint density at radius 2 is 1.54 bits per heavy atom. The number of ether oxygens (including phenoxy) is 5. The van der Waals surface area contributed by atoms with Gasteiger partial charge in [-0.1, -0.05) is 63.6 Å². The predicted octanol–water partition coefficient (Wildman–Crippen LogP) is 5.32. The standard InChI is InChI=1S/C57H96N8O11/c1-15-17-21-42-34-65(61-59-42)44-24-22-41(23-25-44)20-18-19-27-64-33-43(58-60-64)26-28-62(12)45-29-36(4)73-54(49(45)66)76-52-37(5)48(46-31-56(10,72-14)51(68)40(8)74-46)38(6)53(69)75-47(16-2)57(11,71)50(67)39(7)63(13)32-35(3)30-55(52,9)70/h22-25,33-40,45-52,54,66-68,70-71H,15-21,26-32H2,1-14H3/t35-,36-,37+,38-,39-,40+,45+,46-,47-,48?,49-,50-,51+,52-,54+,55-,56-,57-/m1/s1. The number of aliphatic hydroxyl groups is 5. The molecule has 19 heteroatoms. The van der Waals surface area contributed by atoms with Crippen molar-refractivity contribution in [2.45, 2.75) is 237 Å². The van der Waals surface area contributed by atoms with Crippen LogP contribution >= 0.6 is 0 Å². The van der Waals surface area contributed by atoms with Crippen LogP contribution in [0.3, 0.4) is 0 Å². The minimum absolute atomic E-state index is 0.163. The Hall–Kier alpha value is -3.47. The lowest BCUT2D eigenvalue weighted by atomic mass is 9.68. The fraction of sp³-hybridized carbons (Fsp3) is 0.807. The summed E-state index contributed by atoms with van der Waals surface area (Å²) in [5.74, 6) is -3.09. The van der Waals surface area contributed by atoms with Gasteiger partial charge in [0.2, 0.25) is 0 Å². The van der Waals surface area contributed by atoms with E-state index in [0.29, 0.717) is 25.9 Å². The van der Waals surface area contributed by atoms with Gasteiger partial charge in [-0.15, -0.1) is 10.2 Å². The fourth-order valence-electron chi connectivity index (χ4n) is 12.5. The SMILES string of the molecule is CCCCc1cn(-c2ccc(CCCCn3cc(CCN(C)[C@H]4C[C@@H](C)O[C@@H](O[C@@H]5[C@@H](C)C([C@H]6C[C@@](C)(OC)[C@@H](O)[C@H](C)O6)[C@@H](C)C(=O)O[C@H](CC)[C@@](C)(O)[C@H](O)[C@@H](C)N(C)C[C@H](C)C[C@@]5(C)O)[C@@H]4O)nn3)cc2)nn1. The Bertz CT molecular complexity index is 2250. The molecule has 0 radical (unpaired) electrons. The highest BCUT2D eigenvalue weighted by atomic mass is 16.7. The number of benzene rings is 1. The molecule has 0 bridgehead atoms. The van der Waals surface area contributed by atoms with Gasteiger partial charge in [0.15, 0.2) is 6.29 Å². The number of hydrogen-bond acceptors (Lipinski definition) is 17. The molecule has 430 valence electrons. The number of unbranched alkanes of at least 4 members (excludes halogenated alkanes) is 2. The molecule has 0 spiro atoms. The van der Waals surface area contributed by atoms with E-state index < -0.39 is 95.6 Å². The smallest absolute Gasteiger partial charge is 0.309 e. The summed E-state index contributed by atoms with van der Waals surface area (Å²) in [6.07, 6.45) is 3.49. The lowest BCUT2D eigenvalue weighted by molar-refractivity contribution is -0.302. The van der Waals surface area contributed by atoms with Gasteiger partial charge in [0.1, 0.15) is 30.0 Å². The summed E-state index contributed by atoms with van der Waals surface area (Å²) < 4.78 is 36.0. The van der Waals surface area contributed by atoms with Crippen LogP contribution in [0.2, 0.25) is 0 Å². The molecule has 0 aliphatic carbocycles. The zero-order valence-corrected chi connectivity index (χ0v) is 48.3. The molecule has 5 heterocycles. The number of nitrogens with zero attached hydrogens (tertiary/aromatic N) is 8. The van der Waals surface area contributed by atoms with Gasteiger partial charge in [0.05, 0.1) is 64.8 Å². The highest BCUT2D eigenvalue weighted by Gasteiger charge is 2.55. The van der Waals surface area contributed by atoms with Gasteiger partial charge >= 0.3 is 5.97 Å². The van der Waals surface area contributed by atoms with Crippen LogP contribution in [0.15, 0.2) is 36.7 Å². The van der Waals surface area contributed by atoms with Crippen molar-refractivity contribution in [3.05, 3.63) is 53.6 Å². The number of rotatable bonds is 18. The highest BCUT2D eigenvalue weighted by molar-refractivity contribution is 5.73. The van der Waals surface area contributed by atoms with E-state index in [1.54, 1.807) is 34.8 Å². The van der Waals surface area contributed by atoms with Crippen LogP contribution in [0.4, 0.5) is 0 Å². The second-order valence-corrected chi connectivity index (χ2v) is 23.9. The number of hydrogen-bond donors (Lipinski definition) is 5. The van der Waals surface area contributed by atoms with Gasteiger partial charge in [0.25, 0.3) is 0 Å². The molecule has 18 atom stereocenters. The molecule has 3 aliphatic heterocycles.